The quantitative estimate of drug-likeness (QED) is 0.494. The second-order valence-corrected chi connectivity index (χ2v) is 4.58. The van der Waals surface area contributed by atoms with Crippen LogP contribution >= 0.6 is 11.6 Å². The van der Waals surface area contributed by atoms with E-state index in [9.17, 15) is 4.79 Å². The first kappa shape index (κ1) is 14.6. The van der Waals surface area contributed by atoms with Crippen molar-refractivity contribution in [2.24, 2.45) is 0 Å². The molecule has 0 saturated carbocycles. The van der Waals surface area contributed by atoms with E-state index in [-0.39, 0.29) is 5.71 Å². The van der Waals surface area contributed by atoms with Gasteiger partial charge in [-0.05, 0) is 25.5 Å². The molecule has 1 amide bonds. The molecule has 0 spiro atoms. The van der Waals surface area contributed by atoms with E-state index in [4.69, 9.17) is 22.2 Å². The zero-order chi connectivity index (χ0) is 13.9. The van der Waals surface area contributed by atoms with E-state index in [1.165, 1.54) is 14.0 Å². The number of nitrogens with one attached hydrogen (secondary N) is 3. The average Bonchev–Trinajstić information content (AvgIpc) is 2.36. The van der Waals surface area contributed by atoms with E-state index in [0.29, 0.717) is 10.6 Å². The third-order valence-electron chi connectivity index (χ3n) is 2.80. The summed E-state index contributed by atoms with van der Waals surface area (Å²) in [5, 5.41) is 20.0. The van der Waals surface area contributed by atoms with Crippen molar-refractivity contribution in [1.29, 1.82) is 5.41 Å². The van der Waals surface area contributed by atoms with Gasteiger partial charge in [0.2, 0.25) is 5.91 Å². The van der Waals surface area contributed by atoms with Crippen LogP contribution in [0.1, 0.15) is 18.1 Å². The predicted octanol–water partition coefficient (Wildman–Crippen LogP) is 1.50. The molecule has 0 bridgehead atoms. The van der Waals surface area contributed by atoms with Crippen molar-refractivity contribution in [3.8, 4) is 0 Å². The summed E-state index contributed by atoms with van der Waals surface area (Å²) in [6.45, 7) is 3.28. The zero-order valence-electron chi connectivity index (χ0n) is 10.5. The molecule has 6 heteroatoms. The van der Waals surface area contributed by atoms with Crippen LogP contribution in [0.2, 0.25) is 5.02 Å². The molecule has 0 aliphatic rings. The summed E-state index contributed by atoms with van der Waals surface area (Å²) < 4.78 is 0. The van der Waals surface area contributed by atoms with Crippen LogP contribution < -0.4 is 10.8 Å². The Morgan fingerprint density at radius 2 is 2.11 bits per heavy atom. The molecule has 0 aliphatic carbocycles. The highest BCUT2D eigenvalue weighted by atomic mass is 35.5. The Hall–Kier alpha value is -1.43. The molecule has 1 unspecified atom stereocenters. The number of likely N-dealkylation sites (N-methyl/N-ethyl adjacent to an activating group) is 1. The van der Waals surface area contributed by atoms with Crippen LogP contribution in [0.3, 0.4) is 0 Å². The molecule has 1 aromatic carbocycles. The number of aryl methyl sites for hydroxylation is 1. The van der Waals surface area contributed by atoms with E-state index in [1.807, 2.05) is 12.4 Å². The lowest BCUT2D eigenvalue weighted by Gasteiger charge is -2.27. The molecule has 98 valence electrons. The lowest BCUT2D eigenvalue weighted by molar-refractivity contribution is -0.127. The Bertz CT molecular complexity index is 490. The lowest BCUT2D eigenvalue weighted by atomic mass is 9.89. The van der Waals surface area contributed by atoms with Gasteiger partial charge in [-0.1, -0.05) is 23.7 Å². The van der Waals surface area contributed by atoms with Gasteiger partial charge >= 0.3 is 0 Å². The van der Waals surface area contributed by atoms with Gasteiger partial charge in [0.05, 0.1) is 5.71 Å². The summed E-state index contributed by atoms with van der Waals surface area (Å²) in [6, 6.07) is 5.14. The minimum atomic E-state index is -1.55. The molecule has 0 fully saturated rings. The number of halogens is 1. The summed E-state index contributed by atoms with van der Waals surface area (Å²) >= 11 is 6.05. The Balaban J connectivity index is 3.23. The summed E-state index contributed by atoms with van der Waals surface area (Å²) in [4.78, 5) is 11.7. The molecule has 0 heterocycles. The Kier molecular flexibility index (Phi) is 4.45. The minimum Gasteiger partial charge on any atom is -0.357 e. The first-order valence-electron chi connectivity index (χ1n) is 5.35. The van der Waals surface area contributed by atoms with E-state index >= 15 is 0 Å². The number of rotatable bonds is 4. The maximum absolute atomic E-state index is 11.7. The van der Waals surface area contributed by atoms with Crippen molar-refractivity contribution in [3.63, 3.8) is 0 Å². The maximum atomic E-state index is 11.7. The topological polar surface area (TPSA) is 85.2 Å². The largest absolute Gasteiger partial charge is 0.357 e. The van der Waals surface area contributed by atoms with Crippen molar-refractivity contribution in [1.82, 2.24) is 10.8 Å². The predicted molar refractivity (Wildman–Crippen MR) is 70.4 cm³/mol. The van der Waals surface area contributed by atoms with Gasteiger partial charge in [-0.25, -0.2) is 0 Å². The highest BCUT2D eigenvalue weighted by Gasteiger charge is 2.38. The molecule has 4 N–H and O–H groups in total. The van der Waals surface area contributed by atoms with Crippen molar-refractivity contribution < 1.29 is 10.0 Å². The van der Waals surface area contributed by atoms with Crippen molar-refractivity contribution in [3.05, 3.63) is 34.3 Å². The number of amides is 1. The van der Waals surface area contributed by atoms with Gasteiger partial charge in [0.1, 0.15) is 0 Å². The molecular formula is C12H16ClN3O2. The number of benzene rings is 1. The van der Waals surface area contributed by atoms with Crippen molar-refractivity contribution in [2.75, 3.05) is 7.05 Å². The average molecular weight is 270 g/mol. The van der Waals surface area contributed by atoms with Crippen LogP contribution in [-0.2, 0) is 4.79 Å². The third kappa shape index (κ3) is 2.53. The van der Waals surface area contributed by atoms with E-state index in [1.54, 1.807) is 18.2 Å². The Morgan fingerprint density at radius 1 is 1.50 bits per heavy atom. The fourth-order valence-electron chi connectivity index (χ4n) is 1.56. The van der Waals surface area contributed by atoms with E-state index in [2.05, 4.69) is 5.32 Å². The van der Waals surface area contributed by atoms with Gasteiger partial charge < -0.3 is 15.9 Å². The number of carbonyl (C=O) groups excluding carboxylic acids is 1. The molecule has 0 saturated heterocycles. The normalized spacial score (nSPS) is 13.8. The third-order valence-corrected chi connectivity index (χ3v) is 3.11. The van der Waals surface area contributed by atoms with Gasteiger partial charge in [0.15, 0.2) is 5.54 Å². The SMILES string of the molecule is CNC(=O)C(C)(NO)C(=N)c1ccc(C)cc1Cl. The van der Waals surface area contributed by atoms with Gasteiger partial charge in [0.25, 0.3) is 0 Å². The fraction of sp³-hybridized carbons (Fsp3) is 0.333. The fourth-order valence-corrected chi connectivity index (χ4v) is 1.89. The first-order valence-corrected chi connectivity index (χ1v) is 5.73. The maximum Gasteiger partial charge on any atom is 0.248 e. The monoisotopic (exact) mass is 269 g/mol. The molecule has 1 atom stereocenters. The molecule has 1 rings (SSSR count). The molecular weight excluding hydrogens is 254 g/mol. The Labute approximate surface area is 111 Å². The number of hydrogen-bond donors (Lipinski definition) is 4. The minimum absolute atomic E-state index is 0.102. The van der Waals surface area contributed by atoms with Crippen LogP contribution in [0.4, 0.5) is 0 Å². The molecule has 0 aromatic heterocycles. The smallest absolute Gasteiger partial charge is 0.248 e. The van der Waals surface area contributed by atoms with Gasteiger partial charge in [-0.2, -0.15) is 5.48 Å². The first-order chi connectivity index (χ1) is 8.36. The summed E-state index contributed by atoms with van der Waals surface area (Å²) in [7, 11) is 1.43. The summed E-state index contributed by atoms with van der Waals surface area (Å²) in [5.74, 6) is -0.522. The van der Waals surface area contributed by atoms with E-state index in [0.717, 1.165) is 5.56 Å². The molecule has 18 heavy (non-hydrogen) atoms. The van der Waals surface area contributed by atoms with Crippen LogP contribution in [0, 0.1) is 12.3 Å². The standard InChI is InChI=1S/C12H16ClN3O2/c1-7-4-5-8(9(13)6-7)10(14)12(2,16-18)11(17)15-3/h4-6,14,16,18H,1-3H3,(H,15,17). The highest BCUT2D eigenvalue weighted by Crippen LogP contribution is 2.22. The molecule has 5 nitrogen and oxygen atoms in total. The lowest BCUT2D eigenvalue weighted by Crippen LogP contribution is -2.58. The second kappa shape index (κ2) is 5.48. The van der Waals surface area contributed by atoms with Gasteiger partial charge in [0, 0.05) is 17.6 Å². The molecule has 1 aromatic rings. The number of carbonyl (C=O) groups is 1. The van der Waals surface area contributed by atoms with E-state index < -0.39 is 11.4 Å². The summed E-state index contributed by atoms with van der Waals surface area (Å²) in [6.07, 6.45) is 0. The van der Waals surface area contributed by atoms with Gasteiger partial charge in [-0.3, -0.25) is 4.79 Å². The van der Waals surface area contributed by atoms with Gasteiger partial charge in [-0.15, -0.1) is 0 Å². The zero-order valence-corrected chi connectivity index (χ0v) is 11.2. The number of hydrogen-bond acceptors (Lipinski definition) is 4. The number of hydroxylamine groups is 1. The second-order valence-electron chi connectivity index (χ2n) is 4.17. The Morgan fingerprint density at radius 3 is 2.56 bits per heavy atom. The van der Waals surface area contributed by atoms with Crippen LogP contribution in [-0.4, -0.2) is 29.4 Å². The van der Waals surface area contributed by atoms with Crippen molar-refractivity contribution in [2.45, 2.75) is 19.4 Å². The van der Waals surface area contributed by atoms with Crippen molar-refractivity contribution >= 4 is 23.2 Å². The molecule has 0 aliphatic heterocycles. The summed E-state index contributed by atoms with van der Waals surface area (Å²) in [5.41, 5.74) is 1.58. The highest BCUT2D eigenvalue weighted by molar-refractivity contribution is 6.35. The molecule has 0 radical (unpaired) electrons. The van der Waals surface area contributed by atoms with Crippen LogP contribution in [0.5, 0.6) is 0 Å². The van der Waals surface area contributed by atoms with Crippen LogP contribution in [0.15, 0.2) is 18.2 Å². The van der Waals surface area contributed by atoms with Crippen LogP contribution in [0.25, 0.3) is 0 Å².